The van der Waals surface area contributed by atoms with Crippen molar-refractivity contribution in [3.8, 4) is 0 Å². The van der Waals surface area contributed by atoms with Crippen LogP contribution in [0.2, 0.25) is 5.02 Å². The summed E-state index contributed by atoms with van der Waals surface area (Å²) in [6.45, 7) is 1.78. The lowest BCUT2D eigenvalue weighted by Gasteiger charge is -2.08. The minimum atomic E-state index is -4.21. The first-order chi connectivity index (χ1) is 9.34. The second-order valence-electron chi connectivity index (χ2n) is 3.51. The highest BCUT2D eigenvalue weighted by atomic mass is 35.5. The fraction of sp³-hybridized carbons (Fsp3) is 0.250. The normalized spacial score (nSPS) is 12.1. The van der Waals surface area contributed by atoms with Crippen molar-refractivity contribution in [2.45, 2.75) is 11.8 Å². The molecule has 0 atom stereocenters. The maximum Gasteiger partial charge on any atom is 0.353 e. The number of hydrogen-bond acceptors (Lipinski definition) is 5. The predicted molar refractivity (Wildman–Crippen MR) is 70.3 cm³/mol. The van der Waals surface area contributed by atoms with Gasteiger partial charge in [0.1, 0.15) is 12.1 Å². The van der Waals surface area contributed by atoms with Crippen LogP contribution in [-0.4, -0.2) is 28.1 Å². The van der Waals surface area contributed by atoms with Crippen molar-refractivity contribution < 1.29 is 27.1 Å². The third-order valence-electron chi connectivity index (χ3n) is 2.23. The molecule has 0 saturated heterocycles. The zero-order chi connectivity index (χ0) is 15.3. The van der Waals surface area contributed by atoms with Gasteiger partial charge in [0, 0.05) is 0 Å². The second kappa shape index (κ2) is 6.71. The van der Waals surface area contributed by atoms with E-state index in [0.717, 1.165) is 31.6 Å². The number of carbonyl (C=O) groups excluding carboxylic acids is 1. The molecule has 110 valence electrons. The molecular formula is C12H12ClFO5S. The van der Waals surface area contributed by atoms with E-state index in [2.05, 4.69) is 4.74 Å². The van der Waals surface area contributed by atoms with Crippen LogP contribution in [0, 0.1) is 5.82 Å². The molecule has 8 heteroatoms. The molecule has 20 heavy (non-hydrogen) atoms. The van der Waals surface area contributed by atoms with Crippen LogP contribution in [0.25, 0.3) is 0 Å². The van der Waals surface area contributed by atoms with Gasteiger partial charge in [0.05, 0.1) is 23.6 Å². The Kier molecular flexibility index (Phi) is 5.52. The number of carbonyl (C=O) groups is 1. The maximum atomic E-state index is 13.1. The van der Waals surface area contributed by atoms with E-state index in [1.54, 1.807) is 6.92 Å². The van der Waals surface area contributed by atoms with Crippen LogP contribution in [0.1, 0.15) is 6.92 Å². The number of ether oxygens (including phenoxy) is 2. The Labute approximate surface area is 120 Å². The van der Waals surface area contributed by atoms with Gasteiger partial charge in [-0.3, -0.25) is 0 Å². The van der Waals surface area contributed by atoms with Crippen molar-refractivity contribution in [1.82, 2.24) is 0 Å². The number of halogens is 2. The summed E-state index contributed by atoms with van der Waals surface area (Å²) in [5.74, 6) is -1.85. The van der Waals surface area contributed by atoms with Crippen LogP contribution in [0.15, 0.2) is 34.3 Å². The fourth-order valence-electron chi connectivity index (χ4n) is 1.25. The quantitative estimate of drug-likeness (QED) is 0.360. The topological polar surface area (TPSA) is 69.7 Å². The molecule has 0 heterocycles. The van der Waals surface area contributed by atoms with Crippen molar-refractivity contribution in [3.63, 3.8) is 0 Å². The van der Waals surface area contributed by atoms with Crippen molar-refractivity contribution in [1.29, 1.82) is 0 Å². The highest BCUT2D eigenvalue weighted by Gasteiger charge is 2.29. The van der Waals surface area contributed by atoms with Gasteiger partial charge in [-0.2, -0.15) is 0 Å². The third kappa shape index (κ3) is 3.49. The third-order valence-corrected chi connectivity index (χ3v) is 4.24. The summed E-state index contributed by atoms with van der Waals surface area (Å²) in [6.07, 6.45) is 0.790. The predicted octanol–water partition coefficient (Wildman–Crippen LogP) is 2.30. The van der Waals surface area contributed by atoms with Crippen molar-refractivity contribution in [2.24, 2.45) is 0 Å². The first-order valence-corrected chi connectivity index (χ1v) is 7.31. The smallest absolute Gasteiger partial charge is 0.353 e. The molecule has 5 nitrogen and oxygen atoms in total. The number of sulfone groups is 1. The van der Waals surface area contributed by atoms with Crippen LogP contribution >= 0.6 is 11.6 Å². The lowest BCUT2D eigenvalue weighted by molar-refractivity contribution is -0.135. The van der Waals surface area contributed by atoms with E-state index in [-0.39, 0.29) is 16.5 Å². The van der Waals surface area contributed by atoms with E-state index in [0.29, 0.717) is 0 Å². The molecule has 1 aromatic carbocycles. The Bertz CT molecular complexity index is 639. The van der Waals surface area contributed by atoms with Gasteiger partial charge in [0.25, 0.3) is 0 Å². The number of hydrogen-bond donors (Lipinski definition) is 0. The molecule has 0 aliphatic rings. The van der Waals surface area contributed by atoms with Crippen LogP contribution < -0.4 is 0 Å². The standard InChI is InChI=1S/C12H12ClFO5S/c1-3-19-7-11(12(15)18-2)20(16,17)8-4-5-10(14)9(13)6-8/h4-7H,3H2,1-2H3. The number of benzene rings is 1. The van der Waals surface area contributed by atoms with E-state index in [1.165, 1.54) is 0 Å². The number of methoxy groups -OCH3 is 1. The van der Waals surface area contributed by atoms with Crippen LogP contribution in [0.4, 0.5) is 4.39 Å². The Morgan fingerprint density at radius 1 is 1.45 bits per heavy atom. The van der Waals surface area contributed by atoms with Gasteiger partial charge in [0.15, 0.2) is 4.91 Å². The number of rotatable bonds is 5. The lowest BCUT2D eigenvalue weighted by Crippen LogP contribution is -2.16. The van der Waals surface area contributed by atoms with Crippen LogP contribution in [0.3, 0.4) is 0 Å². The van der Waals surface area contributed by atoms with Gasteiger partial charge in [-0.1, -0.05) is 11.6 Å². The molecule has 1 rings (SSSR count). The van der Waals surface area contributed by atoms with Gasteiger partial charge >= 0.3 is 5.97 Å². The monoisotopic (exact) mass is 322 g/mol. The van der Waals surface area contributed by atoms with Crippen LogP contribution in [0.5, 0.6) is 0 Å². The lowest BCUT2D eigenvalue weighted by atomic mass is 10.3. The highest BCUT2D eigenvalue weighted by molar-refractivity contribution is 7.96. The molecule has 0 amide bonds. The van der Waals surface area contributed by atoms with Crippen molar-refractivity contribution in [2.75, 3.05) is 13.7 Å². The van der Waals surface area contributed by atoms with E-state index in [9.17, 15) is 17.6 Å². The Hall–Kier alpha value is -1.60. The Morgan fingerprint density at radius 3 is 2.60 bits per heavy atom. The highest BCUT2D eigenvalue weighted by Crippen LogP contribution is 2.25. The molecule has 0 fully saturated rings. The Morgan fingerprint density at radius 2 is 2.10 bits per heavy atom. The largest absolute Gasteiger partial charge is 0.500 e. The molecule has 0 unspecified atom stereocenters. The average molecular weight is 323 g/mol. The summed E-state index contributed by atoms with van der Waals surface area (Å²) in [5.41, 5.74) is 0. The SMILES string of the molecule is CCOC=C(C(=O)OC)S(=O)(=O)c1ccc(F)c(Cl)c1. The first-order valence-electron chi connectivity index (χ1n) is 5.44. The number of esters is 1. The molecule has 0 aliphatic carbocycles. The minimum absolute atomic E-state index is 0.167. The molecule has 1 aromatic rings. The molecule has 0 saturated carbocycles. The molecule has 0 N–H and O–H groups in total. The van der Waals surface area contributed by atoms with Crippen LogP contribution in [-0.2, 0) is 24.1 Å². The average Bonchev–Trinajstić information content (AvgIpc) is 2.41. The summed E-state index contributed by atoms with van der Waals surface area (Å²) < 4.78 is 46.8. The van der Waals surface area contributed by atoms with Gasteiger partial charge < -0.3 is 9.47 Å². The summed E-state index contributed by atoms with van der Waals surface area (Å²) in [6, 6.07) is 2.80. The molecule has 0 aromatic heterocycles. The maximum absolute atomic E-state index is 13.1. The molecular weight excluding hydrogens is 311 g/mol. The summed E-state index contributed by atoms with van der Waals surface area (Å²) in [4.78, 5) is 10.5. The second-order valence-corrected chi connectivity index (χ2v) is 5.83. The van der Waals surface area contributed by atoms with Gasteiger partial charge in [-0.25, -0.2) is 17.6 Å². The Balaban J connectivity index is 3.36. The zero-order valence-electron chi connectivity index (χ0n) is 10.7. The first kappa shape index (κ1) is 16.5. The van der Waals surface area contributed by atoms with E-state index < -0.39 is 26.5 Å². The molecule has 0 aliphatic heterocycles. The van der Waals surface area contributed by atoms with Gasteiger partial charge in [0.2, 0.25) is 9.84 Å². The minimum Gasteiger partial charge on any atom is -0.500 e. The van der Waals surface area contributed by atoms with Crippen molar-refractivity contribution in [3.05, 3.63) is 40.2 Å². The van der Waals surface area contributed by atoms with E-state index in [1.807, 2.05) is 0 Å². The molecule has 0 radical (unpaired) electrons. The summed E-state index contributed by atoms with van der Waals surface area (Å²) in [5, 5.41) is -0.369. The molecule has 0 spiro atoms. The van der Waals surface area contributed by atoms with Crippen molar-refractivity contribution >= 4 is 27.4 Å². The van der Waals surface area contributed by atoms with E-state index in [4.69, 9.17) is 16.3 Å². The zero-order valence-corrected chi connectivity index (χ0v) is 12.3. The van der Waals surface area contributed by atoms with E-state index >= 15 is 0 Å². The summed E-state index contributed by atoms with van der Waals surface area (Å²) in [7, 11) is -3.18. The summed E-state index contributed by atoms with van der Waals surface area (Å²) >= 11 is 5.54. The fourth-order valence-corrected chi connectivity index (χ4v) is 2.77. The molecule has 0 bridgehead atoms. The van der Waals surface area contributed by atoms with Gasteiger partial charge in [-0.05, 0) is 25.1 Å². The van der Waals surface area contributed by atoms with Gasteiger partial charge in [-0.15, -0.1) is 0 Å².